The van der Waals surface area contributed by atoms with E-state index >= 15 is 0 Å². The van der Waals surface area contributed by atoms with Crippen molar-refractivity contribution in [3.05, 3.63) is 47.5 Å². The predicted octanol–water partition coefficient (Wildman–Crippen LogP) is 2.02. The van der Waals surface area contributed by atoms with E-state index in [0.29, 0.717) is 13.0 Å². The minimum absolute atomic E-state index is 0.00751. The SMILES string of the molecule is CCCc1ccc(NC(=O)C2Cc3nc[nH]c3CN2)cc1. The van der Waals surface area contributed by atoms with Crippen LogP contribution in [0, 0.1) is 0 Å². The Bertz CT molecular complexity index is 617. The molecule has 5 heteroatoms. The van der Waals surface area contributed by atoms with Crippen molar-refractivity contribution < 1.29 is 4.79 Å². The number of aromatic nitrogens is 2. The van der Waals surface area contributed by atoms with Crippen molar-refractivity contribution in [1.82, 2.24) is 15.3 Å². The molecule has 0 bridgehead atoms. The van der Waals surface area contributed by atoms with E-state index in [1.807, 2.05) is 12.1 Å². The number of rotatable bonds is 4. The Balaban J connectivity index is 1.61. The van der Waals surface area contributed by atoms with Crippen molar-refractivity contribution in [2.75, 3.05) is 5.32 Å². The van der Waals surface area contributed by atoms with Gasteiger partial charge in [0.05, 0.1) is 23.8 Å². The van der Waals surface area contributed by atoms with Gasteiger partial charge in [0, 0.05) is 18.7 Å². The zero-order chi connectivity index (χ0) is 14.7. The van der Waals surface area contributed by atoms with Crippen LogP contribution in [-0.2, 0) is 24.2 Å². The van der Waals surface area contributed by atoms with Crippen LogP contribution in [0.1, 0.15) is 30.3 Å². The van der Waals surface area contributed by atoms with E-state index in [9.17, 15) is 4.79 Å². The molecule has 0 radical (unpaired) electrons. The van der Waals surface area contributed by atoms with Crippen molar-refractivity contribution in [3.63, 3.8) is 0 Å². The van der Waals surface area contributed by atoms with E-state index in [4.69, 9.17) is 0 Å². The molecular formula is C16H20N4O. The van der Waals surface area contributed by atoms with Gasteiger partial charge in [0.2, 0.25) is 5.91 Å². The molecule has 1 aliphatic heterocycles. The molecule has 21 heavy (non-hydrogen) atoms. The van der Waals surface area contributed by atoms with Crippen molar-refractivity contribution >= 4 is 11.6 Å². The summed E-state index contributed by atoms with van der Waals surface area (Å²) in [7, 11) is 0. The largest absolute Gasteiger partial charge is 0.347 e. The number of anilines is 1. The summed E-state index contributed by atoms with van der Waals surface area (Å²) in [5, 5.41) is 6.19. The summed E-state index contributed by atoms with van der Waals surface area (Å²) in [4.78, 5) is 19.6. The van der Waals surface area contributed by atoms with Gasteiger partial charge in [0.1, 0.15) is 0 Å². The number of imidazole rings is 1. The van der Waals surface area contributed by atoms with Crippen LogP contribution >= 0.6 is 0 Å². The Labute approximate surface area is 124 Å². The number of carbonyl (C=O) groups excluding carboxylic acids is 1. The van der Waals surface area contributed by atoms with Gasteiger partial charge in [-0.25, -0.2) is 4.98 Å². The molecule has 1 amide bonds. The van der Waals surface area contributed by atoms with E-state index in [0.717, 1.165) is 29.9 Å². The highest BCUT2D eigenvalue weighted by Gasteiger charge is 2.25. The fraction of sp³-hybridized carbons (Fsp3) is 0.375. The van der Waals surface area contributed by atoms with Crippen LogP contribution in [0.2, 0.25) is 0 Å². The molecule has 1 aromatic heterocycles. The lowest BCUT2D eigenvalue weighted by atomic mass is 10.0. The molecule has 5 nitrogen and oxygen atoms in total. The van der Waals surface area contributed by atoms with E-state index in [2.05, 4.69) is 39.7 Å². The molecule has 3 rings (SSSR count). The molecule has 1 aromatic carbocycles. The van der Waals surface area contributed by atoms with Gasteiger partial charge >= 0.3 is 0 Å². The molecule has 1 unspecified atom stereocenters. The molecule has 0 fully saturated rings. The zero-order valence-electron chi connectivity index (χ0n) is 12.1. The van der Waals surface area contributed by atoms with Gasteiger partial charge in [-0.15, -0.1) is 0 Å². The molecule has 2 aromatic rings. The predicted molar refractivity (Wildman–Crippen MR) is 82.0 cm³/mol. The number of H-pyrrole nitrogens is 1. The Morgan fingerprint density at radius 2 is 2.19 bits per heavy atom. The smallest absolute Gasteiger partial charge is 0.241 e. The molecule has 1 aliphatic rings. The third kappa shape index (κ3) is 3.13. The van der Waals surface area contributed by atoms with Gasteiger partial charge in [-0.1, -0.05) is 25.5 Å². The van der Waals surface area contributed by atoms with Crippen LogP contribution < -0.4 is 10.6 Å². The number of hydrogen-bond acceptors (Lipinski definition) is 3. The van der Waals surface area contributed by atoms with Gasteiger partial charge in [-0.3, -0.25) is 10.1 Å². The van der Waals surface area contributed by atoms with Crippen molar-refractivity contribution in [2.45, 2.75) is 38.8 Å². The second kappa shape index (κ2) is 6.10. The Morgan fingerprint density at radius 1 is 1.38 bits per heavy atom. The Morgan fingerprint density at radius 3 is 2.95 bits per heavy atom. The number of aryl methyl sites for hydroxylation is 1. The average molecular weight is 284 g/mol. The highest BCUT2D eigenvalue weighted by molar-refractivity contribution is 5.95. The minimum atomic E-state index is -0.226. The molecule has 1 atom stereocenters. The normalized spacial score (nSPS) is 17.3. The Hall–Kier alpha value is -2.14. The monoisotopic (exact) mass is 284 g/mol. The molecule has 3 N–H and O–H groups in total. The lowest BCUT2D eigenvalue weighted by molar-refractivity contribution is -0.118. The molecule has 0 saturated heterocycles. The first kappa shape index (κ1) is 13.8. The van der Waals surface area contributed by atoms with Gasteiger partial charge in [-0.05, 0) is 24.1 Å². The number of amides is 1. The summed E-state index contributed by atoms with van der Waals surface area (Å²) < 4.78 is 0. The fourth-order valence-corrected chi connectivity index (χ4v) is 2.63. The van der Waals surface area contributed by atoms with Crippen molar-refractivity contribution in [2.24, 2.45) is 0 Å². The summed E-state index contributed by atoms with van der Waals surface area (Å²) in [5.74, 6) is -0.00751. The molecule has 0 spiro atoms. The van der Waals surface area contributed by atoms with Crippen LogP contribution in [0.15, 0.2) is 30.6 Å². The topological polar surface area (TPSA) is 69.8 Å². The number of fused-ring (bicyclic) bond motifs is 1. The molecule has 110 valence electrons. The van der Waals surface area contributed by atoms with E-state index < -0.39 is 0 Å². The first-order valence-corrected chi connectivity index (χ1v) is 7.40. The minimum Gasteiger partial charge on any atom is -0.347 e. The van der Waals surface area contributed by atoms with Crippen LogP contribution in [0.25, 0.3) is 0 Å². The van der Waals surface area contributed by atoms with Crippen molar-refractivity contribution in [3.8, 4) is 0 Å². The van der Waals surface area contributed by atoms with Crippen LogP contribution in [0.5, 0.6) is 0 Å². The Kier molecular flexibility index (Phi) is 4.01. The number of benzene rings is 1. The first-order chi connectivity index (χ1) is 10.3. The third-order valence-electron chi connectivity index (χ3n) is 3.81. The molecular weight excluding hydrogens is 264 g/mol. The second-order valence-corrected chi connectivity index (χ2v) is 5.40. The standard InChI is InChI=1S/C16H20N4O/c1-2-3-11-4-6-12(7-5-11)20-16(21)14-8-13-15(9-17-14)19-10-18-13/h4-7,10,14,17H,2-3,8-9H2,1H3,(H,18,19)(H,20,21). The number of aromatic amines is 1. The lowest BCUT2D eigenvalue weighted by Crippen LogP contribution is -2.44. The van der Waals surface area contributed by atoms with Gasteiger partial charge < -0.3 is 10.3 Å². The van der Waals surface area contributed by atoms with E-state index in [1.165, 1.54) is 5.56 Å². The van der Waals surface area contributed by atoms with Crippen LogP contribution in [0.4, 0.5) is 5.69 Å². The highest BCUT2D eigenvalue weighted by atomic mass is 16.2. The zero-order valence-corrected chi connectivity index (χ0v) is 12.1. The lowest BCUT2D eigenvalue weighted by Gasteiger charge is -2.22. The summed E-state index contributed by atoms with van der Waals surface area (Å²) in [6.07, 6.45) is 4.50. The molecule has 2 heterocycles. The highest BCUT2D eigenvalue weighted by Crippen LogP contribution is 2.15. The maximum atomic E-state index is 12.3. The number of carbonyl (C=O) groups is 1. The molecule has 0 saturated carbocycles. The van der Waals surface area contributed by atoms with Crippen LogP contribution in [0.3, 0.4) is 0 Å². The summed E-state index contributed by atoms with van der Waals surface area (Å²) in [6, 6.07) is 7.84. The summed E-state index contributed by atoms with van der Waals surface area (Å²) in [5.41, 5.74) is 4.19. The summed E-state index contributed by atoms with van der Waals surface area (Å²) >= 11 is 0. The second-order valence-electron chi connectivity index (χ2n) is 5.40. The van der Waals surface area contributed by atoms with Gasteiger partial charge in [-0.2, -0.15) is 0 Å². The first-order valence-electron chi connectivity index (χ1n) is 7.40. The van der Waals surface area contributed by atoms with Gasteiger partial charge in [0.25, 0.3) is 0 Å². The van der Waals surface area contributed by atoms with E-state index in [-0.39, 0.29) is 11.9 Å². The van der Waals surface area contributed by atoms with Crippen LogP contribution in [-0.4, -0.2) is 21.9 Å². The van der Waals surface area contributed by atoms with Gasteiger partial charge in [0.15, 0.2) is 0 Å². The van der Waals surface area contributed by atoms with E-state index in [1.54, 1.807) is 6.33 Å². The molecule has 0 aliphatic carbocycles. The maximum absolute atomic E-state index is 12.3. The fourth-order valence-electron chi connectivity index (χ4n) is 2.63. The average Bonchev–Trinajstić information content (AvgIpc) is 2.97. The quantitative estimate of drug-likeness (QED) is 0.804. The number of nitrogens with zero attached hydrogens (tertiary/aromatic N) is 1. The van der Waals surface area contributed by atoms with Crippen molar-refractivity contribution in [1.29, 1.82) is 0 Å². The number of nitrogens with one attached hydrogen (secondary N) is 3. The third-order valence-corrected chi connectivity index (χ3v) is 3.81. The maximum Gasteiger partial charge on any atom is 0.241 e. The number of hydrogen-bond donors (Lipinski definition) is 3. The summed E-state index contributed by atoms with van der Waals surface area (Å²) in [6.45, 7) is 2.82.